The Bertz CT molecular complexity index is 1110. The summed E-state index contributed by atoms with van der Waals surface area (Å²) in [4.78, 5) is 32.0. The summed E-state index contributed by atoms with van der Waals surface area (Å²) in [6.07, 6.45) is 3.13. The Labute approximate surface area is 179 Å². The standard InChI is InChI=1S/C20H20BrN3O2S2/c1-11(12-6-8-13(21)9-7-12)22-16(25)10-27-20-23-18-17(19(26)24(20)2)14-4-3-5-15(14)28-18/h6-9,11H,3-5,10H2,1-2H3,(H,22,25). The lowest BCUT2D eigenvalue weighted by molar-refractivity contribution is -0.119. The van der Waals surface area contributed by atoms with Gasteiger partial charge in [-0.1, -0.05) is 39.8 Å². The molecule has 1 aliphatic carbocycles. The van der Waals surface area contributed by atoms with Crippen LogP contribution in [-0.4, -0.2) is 21.2 Å². The van der Waals surface area contributed by atoms with Crippen LogP contribution in [0.5, 0.6) is 0 Å². The van der Waals surface area contributed by atoms with Crippen molar-refractivity contribution in [3.05, 3.63) is 55.1 Å². The lowest BCUT2D eigenvalue weighted by Crippen LogP contribution is -2.28. The van der Waals surface area contributed by atoms with Crippen LogP contribution >= 0.6 is 39.0 Å². The Morgan fingerprint density at radius 3 is 2.86 bits per heavy atom. The zero-order chi connectivity index (χ0) is 19.8. The normalized spacial score (nSPS) is 14.2. The van der Waals surface area contributed by atoms with E-state index in [1.165, 1.54) is 22.2 Å². The molecule has 5 nitrogen and oxygen atoms in total. The highest BCUT2D eigenvalue weighted by Gasteiger charge is 2.22. The van der Waals surface area contributed by atoms with Gasteiger partial charge in [0.05, 0.1) is 17.2 Å². The number of thioether (sulfide) groups is 1. The molecule has 1 amide bonds. The molecule has 1 aromatic carbocycles. The fourth-order valence-electron chi connectivity index (χ4n) is 3.48. The maximum atomic E-state index is 12.8. The number of nitrogens with zero attached hydrogens (tertiary/aromatic N) is 2. The second-order valence-electron chi connectivity index (χ2n) is 6.93. The summed E-state index contributed by atoms with van der Waals surface area (Å²) in [7, 11) is 1.73. The fourth-order valence-corrected chi connectivity index (χ4v) is 5.83. The molecule has 1 atom stereocenters. The third-order valence-corrected chi connectivity index (χ3v) is 7.73. The van der Waals surface area contributed by atoms with Crippen molar-refractivity contribution in [3.8, 4) is 0 Å². The number of fused-ring (bicyclic) bond motifs is 3. The van der Waals surface area contributed by atoms with Gasteiger partial charge in [0.2, 0.25) is 5.91 Å². The molecule has 0 saturated carbocycles. The van der Waals surface area contributed by atoms with Crippen molar-refractivity contribution in [2.75, 3.05) is 5.75 Å². The van der Waals surface area contributed by atoms with E-state index in [4.69, 9.17) is 0 Å². The lowest BCUT2D eigenvalue weighted by Gasteiger charge is -2.14. The van der Waals surface area contributed by atoms with Crippen LogP contribution in [0.1, 0.15) is 35.4 Å². The van der Waals surface area contributed by atoms with E-state index >= 15 is 0 Å². The molecule has 28 heavy (non-hydrogen) atoms. The molecule has 0 bridgehead atoms. The van der Waals surface area contributed by atoms with Gasteiger partial charge in [-0.2, -0.15) is 0 Å². The van der Waals surface area contributed by atoms with Crippen LogP contribution in [-0.2, 0) is 24.7 Å². The van der Waals surface area contributed by atoms with Gasteiger partial charge in [-0.15, -0.1) is 11.3 Å². The third-order valence-electron chi connectivity index (χ3n) is 4.99. The first-order chi connectivity index (χ1) is 13.4. The summed E-state index contributed by atoms with van der Waals surface area (Å²) in [5.41, 5.74) is 2.22. The summed E-state index contributed by atoms with van der Waals surface area (Å²) in [5, 5.41) is 4.36. The van der Waals surface area contributed by atoms with Crippen LogP contribution in [0.4, 0.5) is 0 Å². The van der Waals surface area contributed by atoms with Crippen LogP contribution in [0.15, 0.2) is 38.7 Å². The monoisotopic (exact) mass is 477 g/mol. The van der Waals surface area contributed by atoms with Crippen LogP contribution in [0, 0.1) is 0 Å². The zero-order valence-corrected chi connectivity index (χ0v) is 18.8. The molecule has 0 fully saturated rings. The van der Waals surface area contributed by atoms with Crippen molar-refractivity contribution in [1.82, 2.24) is 14.9 Å². The van der Waals surface area contributed by atoms with E-state index in [-0.39, 0.29) is 23.3 Å². The van der Waals surface area contributed by atoms with Crippen molar-refractivity contribution in [2.45, 2.75) is 37.4 Å². The molecular formula is C20H20BrN3O2S2. The summed E-state index contributed by atoms with van der Waals surface area (Å²) < 4.78 is 2.58. The number of aryl methyl sites for hydroxylation is 2. The fraction of sp³-hybridized carbons (Fsp3) is 0.350. The Balaban J connectivity index is 1.46. The van der Waals surface area contributed by atoms with E-state index in [1.807, 2.05) is 31.2 Å². The van der Waals surface area contributed by atoms with Crippen molar-refractivity contribution < 1.29 is 4.79 Å². The van der Waals surface area contributed by atoms with Gasteiger partial charge in [0.15, 0.2) is 5.16 Å². The van der Waals surface area contributed by atoms with E-state index in [1.54, 1.807) is 23.0 Å². The topological polar surface area (TPSA) is 64.0 Å². The summed E-state index contributed by atoms with van der Waals surface area (Å²) in [6.45, 7) is 1.96. The number of carbonyl (C=O) groups excluding carboxylic acids is 1. The number of amides is 1. The number of aromatic nitrogens is 2. The molecule has 8 heteroatoms. The molecule has 0 radical (unpaired) electrons. The molecule has 0 aliphatic heterocycles. The molecule has 4 rings (SSSR count). The molecular weight excluding hydrogens is 458 g/mol. The zero-order valence-electron chi connectivity index (χ0n) is 15.6. The Morgan fingerprint density at radius 1 is 1.36 bits per heavy atom. The Hall–Kier alpha value is -1.64. The minimum Gasteiger partial charge on any atom is -0.349 e. The highest BCUT2D eigenvalue weighted by Crippen LogP contribution is 2.35. The van der Waals surface area contributed by atoms with Crippen LogP contribution in [0.25, 0.3) is 10.2 Å². The van der Waals surface area contributed by atoms with E-state index in [2.05, 4.69) is 26.2 Å². The highest BCUT2D eigenvalue weighted by atomic mass is 79.9. The number of thiophene rings is 1. The quantitative estimate of drug-likeness (QED) is 0.441. The molecule has 1 unspecified atom stereocenters. The van der Waals surface area contributed by atoms with Crippen molar-refractivity contribution in [3.63, 3.8) is 0 Å². The predicted molar refractivity (Wildman–Crippen MR) is 118 cm³/mol. The number of rotatable bonds is 5. The van der Waals surface area contributed by atoms with Gasteiger partial charge in [0.25, 0.3) is 5.56 Å². The average Bonchev–Trinajstić information content (AvgIpc) is 3.24. The van der Waals surface area contributed by atoms with E-state index in [0.29, 0.717) is 5.16 Å². The van der Waals surface area contributed by atoms with E-state index in [0.717, 1.165) is 39.5 Å². The Kier molecular flexibility index (Phi) is 5.62. The van der Waals surface area contributed by atoms with Crippen molar-refractivity contribution in [1.29, 1.82) is 0 Å². The van der Waals surface area contributed by atoms with Crippen molar-refractivity contribution in [2.24, 2.45) is 7.05 Å². The number of hydrogen-bond acceptors (Lipinski definition) is 5. The van der Waals surface area contributed by atoms with E-state index in [9.17, 15) is 9.59 Å². The van der Waals surface area contributed by atoms with E-state index < -0.39 is 0 Å². The first-order valence-corrected chi connectivity index (χ1v) is 11.7. The largest absolute Gasteiger partial charge is 0.349 e. The van der Waals surface area contributed by atoms with Gasteiger partial charge in [0.1, 0.15) is 4.83 Å². The van der Waals surface area contributed by atoms with Crippen LogP contribution in [0.2, 0.25) is 0 Å². The van der Waals surface area contributed by atoms with Gasteiger partial charge in [-0.3, -0.25) is 14.2 Å². The lowest BCUT2D eigenvalue weighted by atomic mass is 10.1. The van der Waals surface area contributed by atoms with Crippen molar-refractivity contribution >= 4 is 55.2 Å². The second-order valence-corrected chi connectivity index (χ2v) is 9.87. The number of carbonyl (C=O) groups is 1. The van der Waals surface area contributed by atoms with Crippen LogP contribution in [0.3, 0.4) is 0 Å². The summed E-state index contributed by atoms with van der Waals surface area (Å²) in [5.74, 6) is 0.140. The number of benzene rings is 1. The highest BCUT2D eigenvalue weighted by molar-refractivity contribution is 9.10. The number of halogens is 1. The van der Waals surface area contributed by atoms with Gasteiger partial charge >= 0.3 is 0 Å². The first kappa shape index (κ1) is 19.7. The maximum absolute atomic E-state index is 12.8. The molecule has 0 saturated heterocycles. The number of hydrogen-bond donors (Lipinski definition) is 1. The smallest absolute Gasteiger partial charge is 0.262 e. The average molecular weight is 478 g/mol. The molecule has 146 valence electrons. The molecule has 3 aromatic rings. The third kappa shape index (κ3) is 3.77. The van der Waals surface area contributed by atoms with Gasteiger partial charge < -0.3 is 5.32 Å². The molecule has 2 heterocycles. The molecule has 0 spiro atoms. The predicted octanol–water partition coefficient (Wildman–Crippen LogP) is 4.22. The minimum absolute atomic E-state index is 0.00413. The van der Waals surface area contributed by atoms with Gasteiger partial charge in [0, 0.05) is 16.4 Å². The maximum Gasteiger partial charge on any atom is 0.262 e. The molecule has 1 N–H and O–H groups in total. The van der Waals surface area contributed by atoms with Gasteiger partial charge in [-0.25, -0.2) is 4.98 Å². The molecule has 1 aliphatic rings. The Morgan fingerprint density at radius 2 is 2.11 bits per heavy atom. The number of nitrogens with one attached hydrogen (secondary N) is 1. The van der Waals surface area contributed by atoms with Crippen LogP contribution < -0.4 is 10.9 Å². The summed E-state index contributed by atoms with van der Waals surface area (Å²) in [6, 6.07) is 7.80. The first-order valence-electron chi connectivity index (χ1n) is 9.13. The molecule has 2 aromatic heterocycles. The van der Waals surface area contributed by atoms with Gasteiger partial charge in [-0.05, 0) is 49.4 Å². The second kappa shape index (κ2) is 8.00. The minimum atomic E-state index is -0.0827. The SMILES string of the molecule is CC(NC(=O)CSc1nc2sc3c(c2c(=O)n1C)CCC3)c1ccc(Br)cc1. The summed E-state index contributed by atoms with van der Waals surface area (Å²) >= 11 is 6.34.